The van der Waals surface area contributed by atoms with Crippen molar-refractivity contribution in [3.8, 4) is 22.7 Å². The standard InChI is InChI=1S/C31H25ClN4O4/c1-31(2,3)30(38)40-29-22-8-5-7-21(27(22)33-23(29)16-18-10-13-20(32)14-11-18)24-17-36(35-34-24)25-9-4-6-19-12-15-26(37)39-28(19)25/h4-15,17,33H,16H2,1-3H3. The van der Waals surface area contributed by atoms with E-state index in [2.05, 4.69) is 15.3 Å². The van der Waals surface area contributed by atoms with Crippen LogP contribution in [-0.4, -0.2) is 25.9 Å². The van der Waals surface area contributed by atoms with Gasteiger partial charge in [0, 0.05) is 33.8 Å². The van der Waals surface area contributed by atoms with Crippen molar-refractivity contribution < 1.29 is 13.9 Å². The van der Waals surface area contributed by atoms with Crippen LogP contribution in [0.5, 0.6) is 5.75 Å². The van der Waals surface area contributed by atoms with Crippen LogP contribution >= 0.6 is 11.6 Å². The van der Waals surface area contributed by atoms with Gasteiger partial charge in [0.2, 0.25) is 0 Å². The van der Waals surface area contributed by atoms with Crippen molar-refractivity contribution in [2.45, 2.75) is 27.2 Å². The van der Waals surface area contributed by atoms with Crippen molar-refractivity contribution in [2.75, 3.05) is 0 Å². The molecule has 1 N–H and O–H groups in total. The van der Waals surface area contributed by atoms with Crippen LogP contribution in [0.15, 0.2) is 88.2 Å². The van der Waals surface area contributed by atoms with E-state index in [4.69, 9.17) is 20.8 Å². The molecule has 3 aromatic heterocycles. The molecule has 0 fully saturated rings. The molecule has 0 aliphatic carbocycles. The molecule has 40 heavy (non-hydrogen) atoms. The third-order valence-corrected chi connectivity index (χ3v) is 6.85. The van der Waals surface area contributed by atoms with E-state index in [0.29, 0.717) is 34.2 Å². The number of esters is 1. The van der Waals surface area contributed by atoms with Gasteiger partial charge in [0.1, 0.15) is 11.4 Å². The number of hydrogen-bond donors (Lipinski definition) is 1. The van der Waals surface area contributed by atoms with Crippen LogP contribution in [0, 0.1) is 5.41 Å². The van der Waals surface area contributed by atoms with Gasteiger partial charge in [-0.05, 0) is 56.7 Å². The third kappa shape index (κ3) is 4.78. The summed E-state index contributed by atoms with van der Waals surface area (Å²) < 4.78 is 13.1. The Morgan fingerprint density at radius 1 is 1.02 bits per heavy atom. The Bertz CT molecular complexity index is 1950. The van der Waals surface area contributed by atoms with E-state index in [1.807, 2.05) is 81.4 Å². The molecule has 9 heteroatoms. The van der Waals surface area contributed by atoms with Crippen LogP contribution in [0.3, 0.4) is 0 Å². The zero-order valence-corrected chi connectivity index (χ0v) is 22.8. The Hall–Kier alpha value is -4.69. The number of H-pyrrole nitrogens is 1. The summed E-state index contributed by atoms with van der Waals surface area (Å²) in [6.45, 7) is 5.46. The van der Waals surface area contributed by atoms with Gasteiger partial charge < -0.3 is 14.1 Å². The predicted octanol–water partition coefficient (Wildman–Crippen LogP) is 6.72. The Morgan fingerprint density at radius 2 is 1.80 bits per heavy atom. The van der Waals surface area contributed by atoms with Crippen molar-refractivity contribution in [3.05, 3.63) is 106 Å². The van der Waals surface area contributed by atoms with Gasteiger partial charge in [-0.3, -0.25) is 4.79 Å². The third-order valence-electron chi connectivity index (χ3n) is 6.60. The second-order valence-corrected chi connectivity index (χ2v) is 11.0. The fourth-order valence-electron chi connectivity index (χ4n) is 4.52. The fraction of sp³-hybridized carbons (Fsp3) is 0.161. The van der Waals surface area contributed by atoms with E-state index in [1.165, 1.54) is 6.07 Å². The maximum Gasteiger partial charge on any atom is 0.336 e. The number of nitrogens with zero attached hydrogens (tertiary/aromatic N) is 3. The van der Waals surface area contributed by atoms with Crippen LogP contribution in [0.1, 0.15) is 32.0 Å². The van der Waals surface area contributed by atoms with Crippen molar-refractivity contribution in [2.24, 2.45) is 5.41 Å². The lowest BCUT2D eigenvalue weighted by molar-refractivity contribution is -0.142. The highest BCUT2D eigenvalue weighted by Gasteiger charge is 2.27. The molecular weight excluding hydrogens is 528 g/mol. The smallest absolute Gasteiger partial charge is 0.336 e. The first-order chi connectivity index (χ1) is 19.2. The largest absolute Gasteiger partial charge is 0.424 e. The Morgan fingerprint density at radius 3 is 2.58 bits per heavy atom. The minimum Gasteiger partial charge on any atom is -0.424 e. The van der Waals surface area contributed by atoms with Crippen LogP contribution in [0.25, 0.3) is 38.8 Å². The summed E-state index contributed by atoms with van der Waals surface area (Å²) in [6, 6.07) is 21.9. The number of fused-ring (bicyclic) bond motifs is 2. The number of aromatic amines is 1. The highest BCUT2D eigenvalue weighted by atomic mass is 35.5. The number of para-hydroxylation sites is 2. The lowest BCUT2D eigenvalue weighted by Crippen LogP contribution is -2.25. The highest BCUT2D eigenvalue weighted by molar-refractivity contribution is 6.30. The number of nitrogens with one attached hydrogen (secondary N) is 1. The highest BCUT2D eigenvalue weighted by Crippen LogP contribution is 2.38. The molecular formula is C31H25ClN4O4. The summed E-state index contributed by atoms with van der Waals surface area (Å²) in [5.41, 5.74) is 3.78. The summed E-state index contributed by atoms with van der Waals surface area (Å²) in [7, 11) is 0. The van der Waals surface area contributed by atoms with Gasteiger partial charge in [-0.2, -0.15) is 0 Å². The molecule has 0 atom stereocenters. The number of rotatable bonds is 5. The van der Waals surface area contributed by atoms with Crippen LogP contribution < -0.4 is 10.4 Å². The number of benzene rings is 3. The van der Waals surface area contributed by atoms with Crippen molar-refractivity contribution >= 4 is 39.4 Å². The first kappa shape index (κ1) is 25.6. The second-order valence-electron chi connectivity index (χ2n) is 10.6. The molecule has 0 spiro atoms. The van der Waals surface area contributed by atoms with Gasteiger partial charge in [0.25, 0.3) is 0 Å². The number of halogens is 1. The Kier molecular flexibility index (Phi) is 6.27. The van der Waals surface area contributed by atoms with Crippen molar-refractivity contribution in [1.82, 2.24) is 20.0 Å². The van der Waals surface area contributed by atoms with E-state index in [-0.39, 0.29) is 5.97 Å². The van der Waals surface area contributed by atoms with Gasteiger partial charge in [-0.15, -0.1) is 5.10 Å². The van der Waals surface area contributed by atoms with Crippen molar-refractivity contribution in [1.29, 1.82) is 0 Å². The van der Waals surface area contributed by atoms with Crippen LogP contribution in [0.2, 0.25) is 5.02 Å². The van der Waals surface area contributed by atoms with Gasteiger partial charge >= 0.3 is 11.6 Å². The molecule has 0 bridgehead atoms. The molecule has 3 aromatic carbocycles. The second kappa shape index (κ2) is 9.81. The molecule has 0 radical (unpaired) electrons. The first-order valence-electron chi connectivity index (χ1n) is 12.7. The quantitative estimate of drug-likeness (QED) is 0.188. The summed E-state index contributed by atoms with van der Waals surface area (Å²) in [6.07, 6.45) is 2.27. The number of ether oxygens (including phenoxy) is 1. The van der Waals surface area contributed by atoms with E-state index >= 15 is 0 Å². The molecule has 0 amide bonds. The molecule has 0 unspecified atom stereocenters. The van der Waals surface area contributed by atoms with Gasteiger partial charge in [-0.1, -0.05) is 53.2 Å². The summed E-state index contributed by atoms with van der Waals surface area (Å²) >= 11 is 6.09. The average molecular weight is 553 g/mol. The predicted molar refractivity (Wildman–Crippen MR) is 154 cm³/mol. The molecule has 0 aliphatic rings. The maximum absolute atomic E-state index is 13.0. The SMILES string of the molecule is CC(C)(C)C(=O)Oc1c(Cc2ccc(Cl)cc2)[nH]c2c(-c3cn(-c4cccc5ccc(=O)oc45)nn3)cccc12. The van der Waals surface area contributed by atoms with Gasteiger partial charge in [0.05, 0.1) is 22.8 Å². The van der Waals surface area contributed by atoms with Gasteiger partial charge in [0.15, 0.2) is 11.3 Å². The molecule has 200 valence electrons. The van der Waals surface area contributed by atoms with E-state index in [9.17, 15) is 9.59 Å². The van der Waals surface area contributed by atoms with Gasteiger partial charge in [-0.25, -0.2) is 9.48 Å². The number of aromatic nitrogens is 4. The summed E-state index contributed by atoms with van der Waals surface area (Å²) in [5.74, 6) is 0.148. The number of carbonyl (C=O) groups excluding carboxylic acids is 1. The minimum absolute atomic E-state index is 0.334. The summed E-state index contributed by atoms with van der Waals surface area (Å²) in [4.78, 5) is 28.4. The van der Waals surface area contributed by atoms with E-state index in [1.54, 1.807) is 16.9 Å². The summed E-state index contributed by atoms with van der Waals surface area (Å²) in [5, 5.41) is 10.9. The molecule has 3 heterocycles. The lowest BCUT2D eigenvalue weighted by Gasteiger charge is -2.17. The molecule has 8 nitrogen and oxygen atoms in total. The normalized spacial score (nSPS) is 11.8. The minimum atomic E-state index is -0.686. The molecule has 0 saturated heterocycles. The Balaban J connectivity index is 1.47. The fourth-order valence-corrected chi connectivity index (χ4v) is 4.64. The molecule has 0 saturated carbocycles. The van der Waals surface area contributed by atoms with Crippen molar-refractivity contribution in [3.63, 3.8) is 0 Å². The zero-order valence-electron chi connectivity index (χ0n) is 22.1. The number of carbonyl (C=O) groups is 1. The Labute approximate surface area is 234 Å². The maximum atomic E-state index is 13.0. The number of hydrogen-bond acceptors (Lipinski definition) is 6. The molecule has 0 aliphatic heterocycles. The first-order valence-corrected chi connectivity index (χ1v) is 13.1. The average Bonchev–Trinajstić information content (AvgIpc) is 3.54. The van der Waals surface area contributed by atoms with E-state index in [0.717, 1.165) is 33.1 Å². The molecule has 6 rings (SSSR count). The van der Waals surface area contributed by atoms with Crippen LogP contribution in [0.4, 0.5) is 0 Å². The van der Waals surface area contributed by atoms with E-state index < -0.39 is 11.0 Å². The zero-order chi connectivity index (χ0) is 28.0. The lowest BCUT2D eigenvalue weighted by atomic mass is 9.97. The van der Waals surface area contributed by atoms with Crippen LogP contribution in [-0.2, 0) is 11.2 Å². The molecule has 6 aromatic rings. The monoisotopic (exact) mass is 552 g/mol. The topological polar surface area (TPSA) is 103 Å².